The number of nitrogens with one attached hydrogen (secondary N) is 2. The Hall–Kier alpha value is -4.22. The molecule has 0 atom stereocenters. The van der Waals surface area contributed by atoms with Crippen LogP contribution in [0.3, 0.4) is 0 Å². The quantitative estimate of drug-likeness (QED) is 0.269. The van der Waals surface area contributed by atoms with E-state index in [0.29, 0.717) is 27.4 Å². The van der Waals surface area contributed by atoms with Crippen LogP contribution in [0.4, 0.5) is 5.13 Å². The summed E-state index contributed by atoms with van der Waals surface area (Å²) in [4.78, 5) is 29.9. The van der Waals surface area contributed by atoms with E-state index in [4.69, 9.17) is 4.74 Å². The van der Waals surface area contributed by atoms with E-state index < -0.39 is 0 Å². The molecule has 0 saturated heterocycles. The Balaban J connectivity index is 1.30. The Labute approximate surface area is 220 Å². The van der Waals surface area contributed by atoms with E-state index in [9.17, 15) is 9.59 Å². The van der Waals surface area contributed by atoms with Crippen molar-refractivity contribution in [1.29, 1.82) is 0 Å². The number of thiazole rings is 1. The average Bonchev–Trinajstić information content (AvgIpc) is 3.54. The summed E-state index contributed by atoms with van der Waals surface area (Å²) in [6.07, 6.45) is 0. The summed E-state index contributed by atoms with van der Waals surface area (Å²) < 4.78 is 8.13. The van der Waals surface area contributed by atoms with Crippen molar-refractivity contribution in [2.24, 2.45) is 0 Å². The fourth-order valence-electron chi connectivity index (χ4n) is 3.64. The molecule has 9 nitrogen and oxygen atoms in total. The van der Waals surface area contributed by atoms with Crippen LogP contribution in [0.15, 0.2) is 84.0 Å². The van der Waals surface area contributed by atoms with Crippen molar-refractivity contribution < 1.29 is 14.3 Å². The molecule has 0 fully saturated rings. The van der Waals surface area contributed by atoms with Gasteiger partial charge in [-0.2, -0.15) is 0 Å². The van der Waals surface area contributed by atoms with Gasteiger partial charge in [0, 0.05) is 5.69 Å². The number of amides is 2. The molecule has 0 bridgehead atoms. The van der Waals surface area contributed by atoms with Crippen molar-refractivity contribution in [1.82, 2.24) is 25.1 Å². The van der Waals surface area contributed by atoms with Crippen LogP contribution in [0.1, 0.15) is 16.2 Å². The molecule has 37 heavy (non-hydrogen) atoms. The van der Waals surface area contributed by atoms with E-state index in [1.807, 2.05) is 59.2 Å². The third kappa shape index (κ3) is 5.63. The third-order valence-electron chi connectivity index (χ3n) is 5.35. The van der Waals surface area contributed by atoms with Gasteiger partial charge in [0.05, 0.1) is 35.2 Å². The number of carbonyl (C=O) groups is 2. The second kappa shape index (κ2) is 11.2. The first kappa shape index (κ1) is 24.5. The number of methoxy groups -OCH3 is 1. The van der Waals surface area contributed by atoms with Crippen LogP contribution >= 0.6 is 23.1 Å². The van der Waals surface area contributed by atoms with Gasteiger partial charge in [-0.25, -0.2) is 4.98 Å². The van der Waals surface area contributed by atoms with Crippen molar-refractivity contribution in [3.8, 4) is 11.4 Å². The number of para-hydroxylation sites is 3. The molecule has 3 aromatic carbocycles. The summed E-state index contributed by atoms with van der Waals surface area (Å²) in [5.41, 5.74) is 2.10. The molecule has 0 aliphatic carbocycles. The zero-order chi connectivity index (χ0) is 25.6. The minimum atomic E-state index is -0.288. The van der Waals surface area contributed by atoms with Crippen molar-refractivity contribution in [2.75, 3.05) is 18.2 Å². The molecule has 0 aliphatic heterocycles. The van der Waals surface area contributed by atoms with Gasteiger partial charge < -0.3 is 15.4 Å². The second-order valence-corrected chi connectivity index (χ2v) is 9.75. The average molecular weight is 531 g/mol. The van der Waals surface area contributed by atoms with Crippen LogP contribution in [0.5, 0.6) is 5.75 Å². The minimum Gasteiger partial charge on any atom is -0.496 e. The lowest BCUT2D eigenvalue weighted by Gasteiger charge is -2.12. The maximum absolute atomic E-state index is 12.8. The summed E-state index contributed by atoms with van der Waals surface area (Å²) in [6.45, 7) is 0.136. The Kier molecular flexibility index (Phi) is 7.43. The Morgan fingerprint density at radius 2 is 1.73 bits per heavy atom. The van der Waals surface area contributed by atoms with E-state index in [2.05, 4.69) is 25.8 Å². The predicted molar refractivity (Wildman–Crippen MR) is 144 cm³/mol. The summed E-state index contributed by atoms with van der Waals surface area (Å²) in [7, 11) is 1.52. The molecule has 2 amide bonds. The number of nitrogens with zero attached hydrogens (tertiary/aromatic N) is 4. The highest BCUT2D eigenvalue weighted by Gasteiger charge is 2.18. The lowest BCUT2D eigenvalue weighted by Crippen LogP contribution is -2.25. The number of thioether (sulfide) groups is 1. The van der Waals surface area contributed by atoms with Crippen molar-refractivity contribution in [3.63, 3.8) is 0 Å². The number of rotatable bonds is 9. The molecule has 186 valence electrons. The van der Waals surface area contributed by atoms with E-state index in [1.54, 1.807) is 24.3 Å². The zero-order valence-corrected chi connectivity index (χ0v) is 21.4. The molecule has 0 radical (unpaired) electrons. The highest BCUT2D eigenvalue weighted by molar-refractivity contribution is 7.99. The van der Waals surface area contributed by atoms with Crippen LogP contribution in [-0.4, -0.2) is 44.4 Å². The normalized spacial score (nSPS) is 10.8. The van der Waals surface area contributed by atoms with Gasteiger partial charge in [-0.05, 0) is 36.4 Å². The van der Waals surface area contributed by atoms with Crippen molar-refractivity contribution >= 4 is 50.3 Å². The molecule has 5 rings (SSSR count). The number of ether oxygens (including phenoxy) is 1. The van der Waals surface area contributed by atoms with E-state index in [1.165, 1.54) is 30.2 Å². The summed E-state index contributed by atoms with van der Waals surface area (Å²) in [5.74, 6) is 0.652. The Morgan fingerprint density at radius 1 is 0.973 bits per heavy atom. The molecule has 2 heterocycles. The standard InChI is InChI=1S/C26H22N6O3S2/c1-35-20-13-7-5-11-18(20)24(34)27-15-22-30-31-26(32(22)17-9-3-2-4-10-17)36-16-23(33)29-25-28-19-12-6-8-14-21(19)37-25/h2-14H,15-16H2,1H3,(H,27,34)(H,28,29,33). The van der Waals surface area contributed by atoms with Gasteiger partial charge in [0.2, 0.25) is 5.91 Å². The molecule has 0 aliphatic rings. The molecule has 5 aromatic rings. The second-order valence-electron chi connectivity index (χ2n) is 7.78. The van der Waals surface area contributed by atoms with Crippen LogP contribution < -0.4 is 15.4 Å². The largest absolute Gasteiger partial charge is 0.496 e. The highest BCUT2D eigenvalue weighted by Crippen LogP contribution is 2.27. The van der Waals surface area contributed by atoms with Gasteiger partial charge in [-0.15, -0.1) is 10.2 Å². The van der Waals surface area contributed by atoms with Gasteiger partial charge in [0.25, 0.3) is 5.91 Å². The fraction of sp³-hybridized carbons (Fsp3) is 0.115. The first-order chi connectivity index (χ1) is 18.1. The number of anilines is 1. The summed E-state index contributed by atoms with van der Waals surface area (Å²) >= 11 is 2.68. The monoisotopic (exact) mass is 530 g/mol. The highest BCUT2D eigenvalue weighted by atomic mass is 32.2. The van der Waals surface area contributed by atoms with Crippen LogP contribution in [-0.2, 0) is 11.3 Å². The van der Waals surface area contributed by atoms with Crippen LogP contribution in [0, 0.1) is 0 Å². The lowest BCUT2D eigenvalue weighted by atomic mass is 10.2. The molecule has 0 saturated carbocycles. The molecule has 11 heteroatoms. The van der Waals surface area contributed by atoms with Crippen LogP contribution in [0.2, 0.25) is 0 Å². The van der Waals surface area contributed by atoms with E-state index in [-0.39, 0.29) is 24.1 Å². The topological polar surface area (TPSA) is 111 Å². The molecule has 2 N–H and O–H groups in total. The molecular formula is C26H22N6O3S2. The van der Waals surface area contributed by atoms with Crippen molar-refractivity contribution in [3.05, 3.63) is 90.3 Å². The van der Waals surface area contributed by atoms with Gasteiger partial charge >= 0.3 is 0 Å². The lowest BCUT2D eigenvalue weighted by molar-refractivity contribution is -0.113. The van der Waals surface area contributed by atoms with Gasteiger partial charge in [-0.1, -0.05) is 65.6 Å². The van der Waals surface area contributed by atoms with Crippen LogP contribution in [0.25, 0.3) is 15.9 Å². The SMILES string of the molecule is COc1ccccc1C(=O)NCc1nnc(SCC(=O)Nc2nc3ccccc3s2)n1-c1ccccc1. The maximum Gasteiger partial charge on any atom is 0.255 e. The van der Waals surface area contributed by atoms with Crippen molar-refractivity contribution in [2.45, 2.75) is 11.7 Å². The molecular weight excluding hydrogens is 508 g/mol. The van der Waals surface area contributed by atoms with Gasteiger partial charge in [0.15, 0.2) is 16.1 Å². The Morgan fingerprint density at radius 3 is 2.54 bits per heavy atom. The smallest absolute Gasteiger partial charge is 0.255 e. The minimum absolute atomic E-state index is 0.120. The third-order valence-corrected chi connectivity index (χ3v) is 7.23. The first-order valence-electron chi connectivity index (χ1n) is 11.3. The number of carbonyl (C=O) groups excluding carboxylic acids is 2. The fourth-order valence-corrected chi connectivity index (χ4v) is 5.30. The number of fused-ring (bicyclic) bond motifs is 1. The van der Waals surface area contributed by atoms with Gasteiger partial charge in [-0.3, -0.25) is 14.2 Å². The zero-order valence-electron chi connectivity index (χ0n) is 19.7. The molecule has 2 aromatic heterocycles. The van der Waals surface area contributed by atoms with E-state index in [0.717, 1.165) is 15.9 Å². The maximum atomic E-state index is 12.8. The predicted octanol–water partition coefficient (Wildman–Crippen LogP) is 4.55. The molecule has 0 unspecified atom stereocenters. The number of benzene rings is 3. The summed E-state index contributed by atoms with van der Waals surface area (Å²) in [5, 5.41) is 15.4. The van der Waals surface area contributed by atoms with E-state index >= 15 is 0 Å². The number of aromatic nitrogens is 4. The molecule has 0 spiro atoms. The number of hydrogen-bond acceptors (Lipinski definition) is 8. The summed E-state index contributed by atoms with van der Waals surface area (Å²) in [6, 6.07) is 24.3. The Bertz CT molecular complexity index is 1520. The number of hydrogen-bond donors (Lipinski definition) is 2. The van der Waals surface area contributed by atoms with Gasteiger partial charge in [0.1, 0.15) is 5.75 Å². The first-order valence-corrected chi connectivity index (χ1v) is 13.1.